The van der Waals surface area contributed by atoms with Crippen LogP contribution >= 0.6 is 0 Å². The predicted octanol–water partition coefficient (Wildman–Crippen LogP) is 3.80. The minimum atomic E-state index is -0.692. The number of rotatable bonds is 4. The number of para-hydroxylation sites is 1. The van der Waals surface area contributed by atoms with Crippen LogP contribution in [0.3, 0.4) is 0 Å². The van der Waals surface area contributed by atoms with Gasteiger partial charge in [-0.25, -0.2) is 4.39 Å². The van der Waals surface area contributed by atoms with Crippen LogP contribution in [0.15, 0.2) is 54.7 Å². The number of hydrogen-bond acceptors (Lipinski definition) is 3. The smallest absolute Gasteiger partial charge is 0.165 e. The summed E-state index contributed by atoms with van der Waals surface area (Å²) in [5.74, 6) is -1.38. The van der Waals surface area contributed by atoms with Gasteiger partial charge >= 0.3 is 0 Å². The molecule has 0 aliphatic carbocycles. The maximum absolute atomic E-state index is 13.6. The van der Waals surface area contributed by atoms with Gasteiger partial charge in [0.1, 0.15) is 6.29 Å². The molecule has 0 saturated carbocycles. The molecule has 0 saturated heterocycles. The molecule has 3 nitrogen and oxygen atoms in total. The van der Waals surface area contributed by atoms with Gasteiger partial charge in [-0.1, -0.05) is 24.3 Å². The number of nitrogens with zero attached hydrogens (tertiary/aromatic N) is 1. The first kappa shape index (κ1) is 14.2. The maximum atomic E-state index is 13.6. The van der Waals surface area contributed by atoms with E-state index in [4.69, 9.17) is 0 Å². The highest BCUT2D eigenvalue weighted by atomic mass is 19.1. The highest BCUT2D eigenvalue weighted by molar-refractivity contribution is 5.79. The van der Waals surface area contributed by atoms with E-state index in [0.29, 0.717) is 5.56 Å². The topological polar surface area (TPSA) is 50.2 Å². The third-order valence-electron chi connectivity index (χ3n) is 3.72. The molecule has 0 amide bonds. The third-order valence-corrected chi connectivity index (χ3v) is 3.72. The fourth-order valence-corrected chi connectivity index (χ4v) is 2.58. The second-order valence-electron chi connectivity index (χ2n) is 5.13. The highest BCUT2D eigenvalue weighted by Gasteiger charge is 2.16. The number of phenolic OH excluding ortho intramolecular Hbond substituents is 1. The first-order chi connectivity index (χ1) is 10.7. The molecule has 0 aliphatic heterocycles. The Labute approximate surface area is 127 Å². The maximum Gasteiger partial charge on any atom is 0.165 e. The number of fused-ring (bicyclic) bond motifs is 1. The molecule has 1 atom stereocenters. The van der Waals surface area contributed by atoms with E-state index in [-0.39, 0.29) is 12.3 Å². The lowest BCUT2D eigenvalue weighted by Crippen LogP contribution is -2.03. The summed E-state index contributed by atoms with van der Waals surface area (Å²) in [7, 11) is 0. The molecular weight excluding hydrogens is 281 g/mol. The first-order valence-corrected chi connectivity index (χ1v) is 6.96. The van der Waals surface area contributed by atoms with Gasteiger partial charge in [0, 0.05) is 23.9 Å². The lowest BCUT2D eigenvalue weighted by molar-refractivity contribution is -0.108. The Balaban J connectivity index is 2.08. The van der Waals surface area contributed by atoms with E-state index in [1.807, 2.05) is 30.3 Å². The molecule has 22 heavy (non-hydrogen) atoms. The summed E-state index contributed by atoms with van der Waals surface area (Å²) in [4.78, 5) is 15.4. The summed E-state index contributed by atoms with van der Waals surface area (Å²) in [6, 6.07) is 13.8. The second kappa shape index (κ2) is 5.93. The molecular formula is C18H14FNO2. The van der Waals surface area contributed by atoms with Crippen molar-refractivity contribution < 1.29 is 14.3 Å². The van der Waals surface area contributed by atoms with Crippen LogP contribution in [0.2, 0.25) is 0 Å². The number of aromatic nitrogens is 1. The normalized spacial score (nSPS) is 12.2. The van der Waals surface area contributed by atoms with Crippen molar-refractivity contribution in [1.82, 2.24) is 4.98 Å². The number of pyridine rings is 1. The molecule has 1 aromatic heterocycles. The number of phenols is 1. The number of aromatic hydroxyl groups is 1. The van der Waals surface area contributed by atoms with Gasteiger partial charge in [-0.05, 0) is 35.4 Å². The molecule has 1 N–H and O–H groups in total. The van der Waals surface area contributed by atoms with Gasteiger partial charge in [0.15, 0.2) is 11.6 Å². The Bertz CT molecular complexity index is 832. The van der Waals surface area contributed by atoms with Crippen LogP contribution in [-0.2, 0) is 4.79 Å². The lowest BCUT2D eigenvalue weighted by Gasteiger charge is -2.16. The molecule has 3 rings (SSSR count). The Hall–Kier alpha value is -2.75. The van der Waals surface area contributed by atoms with Crippen molar-refractivity contribution in [3.05, 3.63) is 71.7 Å². The molecule has 0 fully saturated rings. The Morgan fingerprint density at radius 1 is 1.14 bits per heavy atom. The Morgan fingerprint density at radius 2 is 1.95 bits per heavy atom. The van der Waals surface area contributed by atoms with E-state index in [9.17, 15) is 14.3 Å². The summed E-state index contributed by atoms with van der Waals surface area (Å²) in [5.41, 5.74) is 2.35. The summed E-state index contributed by atoms with van der Waals surface area (Å²) >= 11 is 0. The zero-order chi connectivity index (χ0) is 15.5. The molecule has 0 radical (unpaired) electrons. The van der Waals surface area contributed by atoms with Gasteiger partial charge in [-0.15, -0.1) is 0 Å². The quantitative estimate of drug-likeness (QED) is 0.745. The van der Waals surface area contributed by atoms with Crippen molar-refractivity contribution in [2.45, 2.75) is 12.3 Å². The van der Waals surface area contributed by atoms with Crippen molar-refractivity contribution in [3.63, 3.8) is 0 Å². The van der Waals surface area contributed by atoms with Gasteiger partial charge in [0.25, 0.3) is 0 Å². The lowest BCUT2D eigenvalue weighted by atomic mass is 9.89. The molecule has 110 valence electrons. The van der Waals surface area contributed by atoms with Crippen LogP contribution in [0.5, 0.6) is 5.75 Å². The predicted molar refractivity (Wildman–Crippen MR) is 82.3 cm³/mol. The molecule has 0 spiro atoms. The molecule has 2 aromatic carbocycles. The molecule has 1 heterocycles. The molecule has 0 bridgehead atoms. The minimum absolute atomic E-state index is 0.226. The molecule has 4 heteroatoms. The Kier molecular flexibility index (Phi) is 3.83. The van der Waals surface area contributed by atoms with Crippen molar-refractivity contribution >= 4 is 17.2 Å². The summed E-state index contributed by atoms with van der Waals surface area (Å²) in [6.07, 6.45) is 2.75. The number of halogens is 1. The van der Waals surface area contributed by atoms with Crippen LogP contribution in [0.25, 0.3) is 10.9 Å². The van der Waals surface area contributed by atoms with Crippen molar-refractivity contribution in [2.24, 2.45) is 0 Å². The molecule has 0 aliphatic rings. The monoisotopic (exact) mass is 295 g/mol. The van der Waals surface area contributed by atoms with Crippen LogP contribution in [0, 0.1) is 5.82 Å². The number of hydrogen-bond donors (Lipinski definition) is 1. The molecule has 1 unspecified atom stereocenters. The number of carbonyl (C=O) groups is 1. The van der Waals surface area contributed by atoms with Gasteiger partial charge in [0.05, 0.1) is 5.52 Å². The summed E-state index contributed by atoms with van der Waals surface area (Å²) < 4.78 is 13.6. The van der Waals surface area contributed by atoms with Gasteiger partial charge in [0.2, 0.25) is 0 Å². The van der Waals surface area contributed by atoms with Crippen LogP contribution in [0.1, 0.15) is 23.5 Å². The van der Waals surface area contributed by atoms with Crippen LogP contribution in [0.4, 0.5) is 4.39 Å². The van der Waals surface area contributed by atoms with E-state index in [1.165, 1.54) is 12.1 Å². The average molecular weight is 295 g/mol. The SMILES string of the molecule is O=CCC(c1ccc(O)c(F)c1)c1cnc2ccccc2c1. The van der Waals surface area contributed by atoms with E-state index in [0.717, 1.165) is 22.8 Å². The van der Waals surface area contributed by atoms with Crippen molar-refractivity contribution in [2.75, 3.05) is 0 Å². The summed E-state index contributed by atoms with van der Waals surface area (Å²) in [6.45, 7) is 0. The first-order valence-electron chi connectivity index (χ1n) is 6.96. The number of carbonyl (C=O) groups excluding carboxylic acids is 1. The van der Waals surface area contributed by atoms with Gasteiger partial charge in [-0.3, -0.25) is 4.98 Å². The fourth-order valence-electron chi connectivity index (χ4n) is 2.58. The van der Waals surface area contributed by atoms with Crippen LogP contribution in [-0.4, -0.2) is 16.4 Å². The number of aldehydes is 1. The summed E-state index contributed by atoms with van der Waals surface area (Å²) in [5, 5.41) is 10.3. The van der Waals surface area contributed by atoms with Crippen LogP contribution < -0.4 is 0 Å². The van der Waals surface area contributed by atoms with Gasteiger partial charge < -0.3 is 9.90 Å². The minimum Gasteiger partial charge on any atom is -0.505 e. The molecule has 3 aromatic rings. The fraction of sp³-hybridized carbons (Fsp3) is 0.111. The van der Waals surface area contributed by atoms with E-state index >= 15 is 0 Å². The van der Waals surface area contributed by atoms with Crippen molar-refractivity contribution in [1.29, 1.82) is 0 Å². The van der Waals surface area contributed by atoms with Crippen molar-refractivity contribution in [3.8, 4) is 5.75 Å². The number of benzene rings is 2. The van der Waals surface area contributed by atoms with Gasteiger partial charge in [-0.2, -0.15) is 0 Å². The zero-order valence-electron chi connectivity index (χ0n) is 11.7. The Morgan fingerprint density at radius 3 is 2.73 bits per heavy atom. The highest BCUT2D eigenvalue weighted by Crippen LogP contribution is 2.31. The third kappa shape index (κ3) is 2.68. The van der Waals surface area contributed by atoms with E-state index in [1.54, 1.807) is 12.3 Å². The second-order valence-corrected chi connectivity index (χ2v) is 5.13. The van der Waals surface area contributed by atoms with E-state index < -0.39 is 11.6 Å². The zero-order valence-corrected chi connectivity index (χ0v) is 11.7. The van der Waals surface area contributed by atoms with E-state index in [2.05, 4.69) is 4.98 Å². The largest absolute Gasteiger partial charge is 0.505 e. The average Bonchev–Trinajstić information content (AvgIpc) is 2.55. The standard InChI is InChI=1S/C18H14FNO2/c19-16-10-12(5-6-18(16)22)15(7-8-21)14-9-13-3-1-2-4-17(13)20-11-14/h1-6,8-11,15,22H,7H2.